The third-order valence-electron chi connectivity index (χ3n) is 5.67. The summed E-state index contributed by atoms with van der Waals surface area (Å²) in [5, 5.41) is 2.35. The third kappa shape index (κ3) is 6.36. The van der Waals surface area contributed by atoms with Crippen molar-refractivity contribution in [2.24, 2.45) is 0 Å². The zero-order valence-electron chi connectivity index (χ0n) is 18.8. The summed E-state index contributed by atoms with van der Waals surface area (Å²) in [4.78, 5) is 32.4. The zero-order valence-corrected chi connectivity index (χ0v) is 18.8. The van der Waals surface area contributed by atoms with Crippen LogP contribution in [0.25, 0.3) is 11.8 Å². The molecule has 0 spiro atoms. The molecule has 0 atom stereocenters. The summed E-state index contributed by atoms with van der Waals surface area (Å²) in [6, 6.07) is 12.6. The first-order valence-electron chi connectivity index (χ1n) is 11.0. The number of halogens is 3. The number of anilines is 1. The van der Waals surface area contributed by atoms with Gasteiger partial charge in [-0.1, -0.05) is 24.3 Å². The lowest BCUT2D eigenvalue weighted by Gasteiger charge is -2.33. The molecule has 2 aromatic carbocycles. The monoisotopic (exact) mass is 483 g/mol. The van der Waals surface area contributed by atoms with Gasteiger partial charge in [-0.05, 0) is 35.9 Å². The summed E-state index contributed by atoms with van der Waals surface area (Å²) < 4.78 is 41.2. The molecule has 35 heavy (non-hydrogen) atoms. The number of para-hydroxylation sites is 1. The van der Waals surface area contributed by atoms with Crippen LogP contribution in [0.3, 0.4) is 0 Å². The Morgan fingerprint density at radius 1 is 1.00 bits per heavy atom. The van der Waals surface area contributed by atoms with E-state index in [1.807, 2.05) is 39.9 Å². The summed E-state index contributed by atoms with van der Waals surface area (Å²) in [6.07, 6.45) is 3.97. The molecule has 4 rings (SSSR count). The number of hydrogen-bond donors (Lipinski definition) is 1. The number of aromatic nitrogens is 2. The van der Waals surface area contributed by atoms with Crippen LogP contribution in [-0.4, -0.2) is 63.9 Å². The van der Waals surface area contributed by atoms with Gasteiger partial charge >= 0.3 is 6.18 Å². The zero-order chi connectivity index (χ0) is 24.8. The van der Waals surface area contributed by atoms with E-state index < -0.39 is 17.6 Å². The molecule has 2 heterocycles. The molecule has 1 saturated heterocycles. The molecule has 3 aromatic rings. The van der Waals surface area contributed by atoms with Gasteiger partial charge in [0.2, 0.25) is 11.8 Å². The SMILES string of the molecule is O=C(CN1CCN(C(=O)/C=C/c2ccc(-n3ccnc3)cc2)CC1)Nc1ccccc1C(F)(F)F. The van der Waals surface area contributed by atoms with Crippen LogP contribution >= 0.6 is 0 Å². The van der Waals surface area contributed by atoms with E-state index in [0.717, 1.165) is 17.3 Å². The summed E-state index contributed by atoms with van der Waals surface area (Å²) in [6.45, 7) is 1.71. The van der Waals surface area contributed by atoms with Crippen molar-refractivity contribution in [1.29, 1.82) is 0 Å². The van der Waals surface area contributed by atoms with E-state index in [4.69, 9.17) is 0 Å². The molecule has 0 radical (unpaired) electrons. The number of benzene rings is 2. The van der Waals surface area contributed by atoms with Crippen LogP contribution in [0.5, 0.6) is 0 Å². The number of rotatable bonds is 6. The minimum absolute atomic E-state index is 0.0483. The predicted octanol–water partition coefficient (Wildman–Crippen LogP) is 3.69. The number of carbonyl (C=O) groups is 2. The van der Waals surface area contributed by atoms with Gasteiger partial charge in [-0.25, -0.2) is 4.98 Å². The lowest BCUT2D eigenvalue weighted by atomic mass is 10.1. The number of piperazine rings is 1. The average molecular weight is 483 g/mol. The van der Waals surface area contributed by atoms with E-state index >= 15 is 0 Å². The van der Waals surface area contributed by atoms with Crippen LogP contribution in [0.15, 0.2) is 73.3 Å². The van der Waals surface area contributed by atoms with E-state index in [1.165, 1.54) is 24.3 Å². The number of alkyl halides is 3. The molecule has 0 bridgehead atoms. The van der Waals surface area contributed by atoms with Crippen LogP contribution in [0.4, 0.5) is 18.9 Å². The van der Waals surface area contributed by atoms with Gasteiger partial charge in [0.25, 0.3) is 0 Å². The maximum atomic E-state index is 13.1. The topological polar surface area (TPSA) is 70.5 Å². The highest BCUT2D eigenvalue weighted by Gasteiger charge is 2.33. The van der Waals surface area contributed by atoms with Gasteiger partial charge in [0.1, 0.15) is 0 Å². The van der Waals surface area contributed by atoms with Crippen LogP contribution in [-0.2, 0) is 15.8 Å². The summed E-state index contributed by atoms with van der Waals surface area (Å²) in [7, 11) is 0. The molecule has 7 nitrogen and oxygen atoms in total. The van der Waals surface area contributed by atoms with Crippen molar-refractivity contribution in [3.63, 3.8) is 0 Å². The molecule has 1 aliphatic heterocycles. The Morgan fingerprint density at radius 2 is 1.71 bits per heavy atom. The number of imidazole rings is 1. The van der Waals surface area contributed by atoms with Crippen molar-refractivity contribution in [1.82, 2.24) is 19.4 Å². The molecule has 1 aliphatic rings. The van der Waals surface area contributed by atoms with Gasteiger partial charge in [0.15, 0.2) is 0 Å². The lowest BCUT2D eigenvalue weighted by molar-refractivity contribution is -0.137. The Hall–Kier alpha value is -3.92. The van der Waals surface area contributed by atoms with Crippen LogP contribution in [0, 0.1) is 0 Å². The molecule has 10 heteroatoms. The second-order valence-corrected chi connectivity index (χ2v) is 8.09. The highest BCUT2D eigenvalue weighted by Crippen LogP contribution is 2.34. The summed E-state index contributed by atoms with van der Waals surface area (Å²) >= 11 is 0. The Morgan fingerprint density at radius 3 is 2.37 bits per heavy atom. The lowest BCUT2D eigenvalue weighted by Crippen LogP contribution is -2.50. The van der Waals surface area contributed by atoms with Crippen molar-refractivity contribution in [3.8, 4) is 5.69 Å². The van der Waals surface area contributed by atoms with E-state index in [-0.39, 0.29) is 18.1 Å². The number of amides is 2. The second kappa shape index (κ2) is 10.6. The normalized spacial score (nSPS) is 14.9. The largest absolute Gasteiger partial charge is 0.418 e. The summed E-state index contributed by atoms with van der Waals surface area (Å²) in [5.41, 5.74) is 0.707. The van der Waals surface area contributed by atoms with Crippen molar-refractivity contribution < 1.29 is 22.8 Å². The first-order valence-corrected chi connectivity index (χ1v) is 11.0. The number of nitrogens with one attached hydrogen (secondary N) is 1. The van der Waals surface area contributed by atoms with Crippen LogP contribution in [0.1, 0.15) is 11.1 Å². The molecule has 1 N–H and O–H groups in total. The van der Waals surface area contributed by atoms with Crippen molar-refractivity contribution >= 4 is 23.6 Å². The molecular formula is C25H24F3N5O2. The van der Waals surface area contributed by atoms with Gasteiger partial charge in [-0.15, -0.1) is 0 Å². The molecule has 0 unspecified atom stereocenters. The first kappa shape index (κ1) is 24.2. The minimum atomic E-state index is -4.55. The number of nitrogens with zero attached hydrogens (tertiary/aromatic N) is 4. The van der Waals surface area contributed by atoms with E-state index in [2.05, 4.69) is 10.3 Å². The number of hydrogen-bond acceptors (Lipinski definition) is 4. The van der Waals surface area contributed by atoms with E-state index in [9.17, 15) is 22.8 Å². The molecule has 2 amide bonds. The van der Waals surface area contributed by atoms with E-state index in [0.29, 0.717) is 26.2 Å². The van der Waals surface area contributed by atoms with Crippen LogP contribution < -0.4 is 5.32 Å². The minimum Gasteiger partial charge on any atom is -0.337 e. The summed E-state index contributed by atoms with van der Waals surface area (Å²) in [5.74, 6) is -0.660. The van der Waals surface area contributed by atoms with Crippen molar-refractivity contribution in [2.75, 3.05) is 38.0 Å². The molecular weight excluding hydrogens is 459 g/mol. The Balaban J connectivity index is 1.25. The maximum Gasteiger partial charge on any atom is 0.418 e. The fourth-order valence-corrected chi connectivity index (χ4v) is 3.80. The predicted molar refractivity (Wildman–Crippen MR) is 126 cm³/mol. The Labute approximate surface area is 200 Å². The van der Waals surface area contributed by atoms with Gasteiger partial charge in [-0.2, -0.15) is 13.2 Å². The van der Waals surface area contributed by atoms with Crippen molar-refractivity contribution in [2.45, 2.75) is 6.18 Å². The van der Waals surface area contributed by atoms with E-state index in [1.54, 1.807) is 23.5 Å². The van der Waals surface area contributed by atoms with Crippen LogP contribution in [0.2, 0.25) is 0 Å². The fraction of sp³-hybridized carbons (Fsp3) is 0.240. The van der Waals surface area contributed by atoms with Gasteiger partial charge < -0.3 is 14.8 Å². The molecule has 1 aromatic heterocycles. The second-order valence-electron chi connectivity index (χ2n) is 8.09. The highest BCUT2D eigenvalue weighted by atomic mass is 19.4. The maximum absolute atomic E-state index is 13.1. The first-order chi connectivity index (χ1) is 16.8. The number of carbonyl (C=O) groups excluding carboxylic acids is 2. The van der Waals surface area contributed by atoms with Gasteiger partial charge in [0.05, 0.1) is 24.1 Å². The molecule has 0 saturated carbocycles. The Bertz CT molecular complexity index is 1180. The molecule has 1 fully saturated rings. The fourth-order valence-electron chi connectivity index (χ4n) is 3.80. The van der Waals surface area contributed by atoms with Crippen molar-refractivity contribution in [3.05, 3.63) is 84.5 Å². The standard InChI is InChI=1S/C25H24F3N5O2/c26-25(27,28)21-3-1-2-4-22(21)30-23(34)17-31-13-15-32(16-14-31)24(35)10-7-19-5-8-20(9-6-19)33-12-11-29-18-33/h1-12,18H,13-17H2,(H,30,34)/b10-7+. The smallest absolute Gasteiger partial charge is 0.337 e. The molecule has 182 valence electrons. The quantitative estimate of drug-likeness (QED) is 0.543. The Kier molecular flexibility index (Phi) is 7.31. The highest BCUT2D eigenvalue weighted by molar-refractivity contribution is 5.93. The average Bonchev–Trinajstić information content (AvgIpc) is 3.38. The third-order valence-corrected chi connectivity index (χ3v) is 5.67. The van der Waals surface area contributed by atoms with Gasteiger partial charge in [0, 0.05) is 50.3 Å². The van der Waals surface area contributed by atoms with Gasteiger partial charge in [-0.3, -0.25) is 14.5 Å². The molecule has 0 aliphatic carbocycles.